The van der Waals surface area contributed by atoms with E-state index in [0.29, 0.717) is 47.9 Å². The highest BCUT2D eigenvalue weighted by molar-refractivity contribution is 5.40. The molecular formula is C31H42F3NO. The first-order chi connectivity index (χ1) is 17.4. The number of rotatable bonds is 14. The second-order valence-electron chi connectivity index (χ2n) is 11.2. The molecule has 2 aliphatic rings. The highest BCUT2D eigenvalue weighted by Gasteiger charge is 2.49. The van der Waals surface area contributed by atoms with Gasteiger partial charge in [0.2, 0.25) is 5.95 Å². The molecule has 2 atom stereocenters. The molecule has 1 saturated carbocycles. The summed E-state index contributed by atoms with van der Waals surface area (Å²) in [5.41, 5.74) is 1.02. The normalized spacial score (nSPS) is 19.6. The van der Waals surface area contributed by atoms with Crippen LogP contribution in [0.3, 0.4) is 0 Å². The van der Waals surface area contributed by atoms with Gasteiger partial charge in [-0.25, -0.2) is 13.8 Å². The number of aryl methyl sites for hydroxylation is 1. The fraction of sp³-hybridized carbons (Fsp3) is 0.645. The first-order valence-electron chi connectivity index (χ1n) is 14.2. The predicted molar refractivity (Wildman–Crippen MR) is 139 cm³/mol. The van der Waals surface area contributed by atoms with Crippen LogP contribution in [0.4, 0.5) is 13.2 Å². The molecule has 198 valence electrons. The zero-order valence-corrected chi connectivity index (χ0v) is 22.0. The fourth-order valence-electron chi connectivity index (χ4n) is 5.60. The first-order valence-corrected chi connectivity index (χ1v) is 14.2. The molecule has 2 aliphatic carbocycles. The SMILES string of the molecule is CCCCC(C)Cc1cc2c(c(F)n1)C(F)(F)C(c1ccc(OCCCCCCC3CC3)cc1)CC2. The molecule has 0 amide bonds. The number of halogens is 3. The summed E-state index contributed by atoms with van der Waals surface area (Å²) < 4.78 is 51.9. The Morgan fingerprint density at radius 1 is 1.03 bits per heavy atom. The number of nitrogens with zero attached hydrogens (tertiary/aromatic N) is 1. The van der Waals surface area contributed by atoms with Crippen molar-refractivity contribution in [1.82, 2.24) is 4.98 Å². The molecule has 1 aromatic carbocycles. The Morgan fingerprint density at radius 2 is 1.78 bits per heavy atom. The zero-order valence-electron chi connectivity index (χ0n) is 22.0. The third kappa shape index (κ3) is 7.04. The molecule has 1 aromatic heterocycles. The van der Waals surface area contributed by atoms with Crippen LogP contribution in [0.2, 0.25) is 0 Å². The molecule has 4 rings (SSSR count). The van der Waals surface area contributed by atoms with Crippen molar-refractivity contribution in [3.05, 3.63) is 58.7 Å². The number of benzene rings is 1. The molecule has 0 aliphatic heterocycles. The number of hydrogen-bond donors (Lipinski definition) is 0. The Bertz CT molecular complexity index is 971. The topological polar surface area (TPSA) is 22.1 Å². The van der Waals surface area contributed by atoms with Gasteiger partial charge >= 0.3 is 0 Å². The van der Waals surface area contributed by atoms with E-state index in [-0.39, 0.29) is 6.42 Å². The summed E-state index contributed by atoms with van der Waals surface area (Å²) in [6.45, 7) is 4.90. The van der Waals surface area contributed by atoms with Crippen molar-refractivity contribution in [3.8, 4) is 5.75 Å². The van der Waals surface area contributed by atoms with Gasteiger partial charge in [0.05, 0.1) is 18.1 Å². The monoisotopic (exact) mass is 501 g/mol. The van der Waals surface area contributed by atoms with Crippen LogP contribution >= 0.6 is 0 Å². The van der Waals surface area contributed by atoms with Gasteiger partial charge in [0.25, 0.3) is 5.92 Å². The van der Waals surface area contributed by atoms with Crippen molar-refractivity contribution in [1.29, 1.82) is 0 Å². The summed E-state index contributed by atoms with van der Waals surface area (Å²) in [4.78, 5) is 3.98. The van der Waals surface area contributed by atoms with E-state index in [1.165, 1.54) is 32.1 Å². The van der Waals surface area contributed by atoms with Gasteiger partial charge in [-0.2, -0.15) is 4.39 Å². The van der Waals surface area contributed by atoms with E-state index >= 15 is 8.78 Å². The van der Waals surface area contributed by atoms with E-state index in [0.717, 1.165) is 38.0 Å². The largest absolute Gasteiger partial charge is 0.494 e. The summed E-state index contributed by atoms with van der Waals surface area (Å²) in [5.74, 6) is -3.29. The Kier molecular flexibility index (Phi) is 9.35. The van der Waals surface area contributed by atoms with E-state index in [2.05, 4.69) is 18.8 Å². The quantitative estimate of drug-likeness (QED) is 0.190. The van der Waals surface area contributed by atoms with Crippen LogP contribution in [0.25, 0.3) is 0 Å². The molecule has 1 fully saturated rings. The van der Waals surface area contributed by atoms with Crippen molar-refractivity contribution in [2.75, 3.05) is 6.61 Å². The van der Waals surface area contributed by atoms with E-state index in [1.54, 1.807) is 30.3 Å². The Hall–Kier alpha value is -2.04. The molecular weight excluding hydrogens is 459 g/mol. The van der Waals surface area contributed by atoms with Gasteiger partial charge < -0.3 is 4.74 Å². The highest BCUT2D eigenvalue weighted by Crippen LogP contribution is 2.50. The van der Waals surface area contributed by atoms with Crippen LogP contribution in [0.5, 0.6) is 5.75 Å². The molecule has 2 aromatic rings. The minimum atomic E-state index is -3.29. The third-order valence-electron chi connectivity index (χ3n) is 7.95. The first kappa shape index (κ1) is 27.0. The molecule has 2 nitrogen and oxygen atoms in total. The molecule has 0 spiro atoms. The van der Waals surface area contributed by atoms with Crippen LogP contribution in [-0.2, 0) is 18.8 Å². The fourth-order valence-corrected chi connectivity index (χ4v) is 5.60. The van der Waals surface area contributed by atoms with Gasteiger partial charge in [-0.3, -0.25) is 0 Å². The number of aromatic nitrogens is 1. The lowest BCUT2D eigenvalue weighted by Crippen LogP contribution is -2.32. The van der Waals surface area contributed by atoms with Crippen molar-refractivity contribution in [2.45, 2.75) is 109 Å². The van der Waals surface area contributed by atoms with E-state index in [9.17, 15) is 4.39 Å². The summed E-state index contributed by atoms with van der Waals surface area (Å²) in [6, 6.07) is 8.67. The molecule has 1 heterocycles. The van der Waals surface area contributed by atoms with Gasteiger partial charge in [-0.15, -0.1) is 0 Å². The van der Waals surface area contributed by atoms with Crippen molar-refractivity contribution < 1.29 is 17.9 Å². The lowest BCUT2D eigenvalue weighted by atomic mass is 9.77. The molecule has 2 unspecified atom stereocenters. The lowest BCUT2D eigenvalue weighted by Gasteiger charge is -2.34. The maximum absolute atomic E-state index is 15.6. The number of pyridine rings is 1. The smallest absolute Gasteiger partial charge is 0.284 e. The average molecular weight is 502 g/mol. The second-order valence-corrected chi connectivity index (χ2v) is 11.2. The van der Waals surface area contributed by atoms with Crippen molar-refractivity contribution in [2.24, 2.45) is 11.8 Å². The maximum atomic E-state index is 15.6. The van der Waals surface area contributed by atoms with E-state index < -0.39 is 23.4 Å². The Labute approximate surface area is 215 Å². The van der Waals surface area contributed by atoms with Gasteiger partial charge in [0.1, 0.15) is 5.75 Å². The summed E-state index contributed by atoms with van der Waals surface area (Å²) in [6.07, 6.45) is 13.6. The van der Waals surface area contributed by atoms with Crippen LogP contribution < -0.4 is 4.74 Å². The molecule has 0 bridgehead atoms. The molecule has 0 radical (unpaired) electrons. The van der Waals surface area contributed by atoms with E-state index in [4.69, 9.17) is 4.74 Å². The minimum absolute atomic E-state index is 0.287. The van der Waals surface area contributed by atoms with Crippen molar-refractivity contribution in [3.63, 3.8) is 0 Å². The molecule has 5 heteroatoms. The predicted octanol–water partition coefficient (Wildman–Crippen LogP) is 9.15. The Morgan fingerprint density at radius 3 is 2.50 bits per heavy atom. The number of alkyl halides is 2. The van der Waals surface area contributed by atoms with E-state index in [1.807, 2.05) is 0 Å². The molecule has 0 N–H and O–H groups in total. The van der Waals surface area contributed by atoms with Gasteiger partial charge in [-0.1, -0.05) is 83.8 Å². The second kappa shape index (κ2) is 12.5. The highest BCUT2D eigenvalue weighted by atomic mass is 19.3. The number of ether oxygens (including phenoxy) is 1. The number of hydrogen-bond acceptors (Lipinski definition) is 2. The molecule has 36 heavy (non-hydrogen) atoms. The number of fused-ring (bicyclic) bond motifs is 1. The summed E-state index contributed by atoms with van der Waals surface area (Å²) in [5, 5.41) is 0. The van der Waals surface area contributed by atoms with Gasteiger partial charge in [-0.05, 0) is 66.8 Å². The number of unbranched alkanes of at least 4 members (excludes halogenated alkanes) is 4. The van der Waals surface area contributed by atoms with Crippen molar-refractivity contribution >= 4 is 0 Å². The van der Waals surface area contributed by atoms with Crippen LogP contribution in [0.1, 0.15) is 113 Å². The van der Waals surface area contributed by atoms with Crippen LogP contribution in [-0.4, -0.2) is 11.6 Å². The Balaban J connectivity index is 1.33. The average Bonchev–Trinajstić information content (AvgIpc) is 3.66. The maximum Gasteiger partial charge on any atom is 0.284 e. The third-order valence-corrected chi connectivity index (χ3v) is 7.95. The van der Waals surface area contributed by atoms with Gasteiger partial charge in [0, 0.05) is 5.69 Å². The van der Waals surface area contributed by atoms with Crippen LogP contribution in [0.15, 0.2) is 30.3 Å². The lowest BCUT2D eigenvalue weighted by molar-refractivity contribution is -0.0475. The zero-order chi connectivity index (χ0) is 25.5. The summed E-state index contributed by atoms with van der Waals surface area (Å²) in [7, 11) is 0. The minimum Gasteiger partial charge on any atom is -0.494 e. The standard InChI is InChI=1S/C31H42F3NO/c1-3-4-9-22(2)20-26-21-25-15-18-28(31(33,34)29(25)30(32)35-26)24-13-16-27(17-14-24)36-19-8-6-5-7-10-23-11-12-23/h13-14,16-17,21-23,28H,3-12,15,18-20H2,1-2H3. The van der Waals surface area contributed by atoms with Crippen LogP contribution in [0, 0.1) is 17.8 Å². The summed E-state index contributed by atoms with van der Waals surface area (Å²) >= 11 is 0. The van der Waals surface area contributed by atoms with Gasteiger partial charge in [0.15, 0.2) is 0 Å². The molecule has 0 saturated heterocycles.